The molecule has 0 heterocycles. The lowest BCUT2D eigenvalue weighted by Gasteiger charge is -2.21. The van der Waals surface area contributed by atoms with Gasteiger partial charge in [0.05, 0.1) is 6.10 Å². The normalized spacial score (nSPS) is 18.2. The average molecular weight is 288 g/mol. The summed E-state index contributed by atoms with van der Waals surface area (Å²) in [5.74, 6) is 0.400. The molecule has 2 aliphatic rings. The maximum absolute atomic E-state index is 12.0. The molecule has 4 heteroatoms. The Bertz CT molecular complexity index is 526. The topological polar surface area (TPSA) is 52.6 Å². The average Bonchev–Trinajstić information content (AvgIpc) is 3.23. The summed E-state index contributed by atoms with van der Waals surface area (Å²) < 4.78 is 0. The fourth-order valence-corrected chi connectivity index (χ4v) is 3.04. The molecule has 1 fully saturated rings. The summed E-state index contributed by atoms with van der Waals surface area (Å²) in [5.41, 5.74) is 4.04. The van der Waals surface area contributed by atoms with Gasteiger partial charge in [-0.15, -0.1) is 0 Å². The van der Waals surface area contributed by atoms with Crippen molar-refractivity contribution in [3.05, 3.63) is 34.9 Å². The van der Waals surface area contributed by atoms with Crippen LogP contribution in [0.15, 0.2) is 18.2 Å². The van der Waals surface area contributed by atoms with Gasteiger partial charge >= 0.3 is 6.03 Å². The van der Waals surface area contributed by atoms with E-state index in [-0.39, 0.29) is 12.1 Å². The van der Waals surface area contributed by atoms with Crippen molar-refractivity contribution >= 4 is 6.03 Å². The van der Waals surface area contributed by atoms with Crippen molar-refractivity contribution in [3.63, 3.8) is 0 Å². The van der Waals surface area contributed by atoms with Crippen LogP contribution in [-0.2, 0) is 19.4 Å². The quantitative estimate of drug-likeness (QED) is 0.871. The Hall–Kier alpha value is -1.55. The van der Waals surface area contributed by atoms with Gasteiger partial charge in [-0.3, -0.25) is 0 Å². The summed E-state index contributed by atoms with van der Waals surface area (Å²) in [6.07, 6.45) is 5.39. The van der Waals surface area contributed by atoms with Crippen LogP contribution in [0, 0.1) is 5.92 Å². The third kappa shape index (κ3) is 3.56. The highest BCUT2D eigenvalue weighted by atomic mass is 16.3. The lowest BCUT2D eigenvalue weighted by Crippen LogP contribution is -2.41. The van der Waals surface area contributed by atoms with E-state index in [2.05, 4.69) is 23.5 Å². The third-order valence-electron chi connectivity index (χ3n) is 4.58. The number of carbonyl (C=O) groups is 1. The van der Waals surface area contributed by atoms with Gasteiger partial charge in [0.15, 0.2) is 0 Å². The van der Waals surface area contributed by atoms with Crippen LogP contribution < -0.4 is 5.32 Å². The van der Waals surface area contributed by atoms with Gasteiger partial charge in [0.25, 0.3) is 0 Å². The van der Waals surface area contributed by atoms with E-state index in [9.17, 15) is 9.90 Å². The van der Waals surface area contributed by atoms with Crippen molar-refractivity contribution in [2.75, 3.05) is 13.6 Å². The van der Waals surface area contributed by atoms with E-state index < -0.39 is 0 Å². The highest BCUT2D eigenvalue weighted by molar-refractivity contribution is 5.73. The summed E-state index contributed by atoms with van der Waals surface area (Å²) in [6.45, 7) is 0.969. The summed E-state index contributed by atoms with van der Waals surface area (Å²) in [7, 11) is 1.74. The number of aryl methyl sites for hydroxylation is 2. The second kappa shape index (κ2) is 6.06. The number of fused-ring (bicyclic) bond motifs is 1. The van der Waals surface area contributed by atoms with Crippen LogP contribution in [0.2, 0.25) is 0 Å². The number of rotatable bonds is 5. The zero-order chi connectivity index (χ0) is 14.8. The van der Waals surface area contributed by atoms with Crippen molar-refractivity contribution in [1.82, 2.24) is 10.2 Å². The fraction of sp³-hybridized carbons (Fsp3) is 0.588. The molecule has 3 rings (SSSR count). The summed E-state index contributed by atoms with van der Waals surface area (Å²) >= 11 is 0. The van der Waals surface area contributed by atoms with E-state index in [0.717, 1.165) is 24.8 Å². The third-order valence-corrected chi connectivity index (χ3v) is 4.58. The number of benzene rings is 1. The van der Waals surface area contributed by atoms with E-state index in [1.165, 1.54) is 24.0 Å². The van der Waals surface area contributed by atoms with E-state index in [1.54, 1.807) is 11.9 Å². The second-order valence-corrected chi connectivity index (χ2v) is 6.40. The minimum absolute atomic E-state index is 0.116. The second-order valence-electron chi connectivity index (χ2n) is 6.40. The Morgan fingerprint density at radius 1 is 1.38 bits per heavy atom. The highest BCUT2D eigenvalue weighted by Crippen LogP contribution is 2.32. The molecule has 1 aromatic carbocycles. The van der Waals surface area contributed by atoms with Crippen LogP contribution in [0.4, 0.5) is 4.79 Å². The van der Waals surface area contributed by atoms with Crippen molar-refractivity contribution in [2.45, 2.75) is 44.8 Å². The molecule has 2 amide bonds. The highest BCUT2D eigenvalue weighted by Gasteiger charge is 2.31. The standard InChI is InChI=1S/C17H24N2O2/c1-19(11-16(20)14-7-8-14)17(21)18-10-12-5-6-13-3-2-4-15(13)9-12/h5-6,9,14,16,20H,2-4,7-8,10-11H2,1H3,(H,18,21). The molecule has 0 aliphatic heterocycles. The van der Waals surface area contributed by atoms with Crippen LogP contribution in [0.3, 0.4) is 0 Å². The minimum Gasteiger partial charge on any atom is -0.391 e. The number of likely N-dealkylation sites (N-methyl/N-ethyl adjacent to an activating group) is 1. The van der Waals surface area contributed by atoms with Gasteiger partial charge in [-0.1, -0.05) is 18.2 Å². The number of aliphatic hydroxyl groups excluding tert-OH is 1. The van der Waals surface area contributed by atoms with Crippen LogP contribution in [0.5, 0.6) is 0 Å². The predicted octanol–water partition coefficient (Wildman–Crippen LogP) is 2.09. The zero-order valence-electron chi connectivity index (χ0n) is 12.6. The lowest BCUT2D eigenvalue weighted by atomic mass is 10.1. The lowest BCUT2D eigenvalue weighted by molar-refractivity contribution is 0.113. The Balaban J connectivity index is 1.48. The largest absolute Gasteiger partial charge is 0.391 e. The minimum atomic E-state index is -0.374. The molecule has 1 saturated carbocycles. The number of urea groups is 1. The Labute approximate surface area is 126 Å². The van der Waals surface area contributed by atoms with Crippen LogP contribution in [-0.4, -0.2) is 35.7 Å². The number of nitrogens with zero attached hydrogens (tertiary/aromatic N) is 1. The van der Waals surface area contributed by atoms with E-state index in [4.69, 9.17) is 0 Å². The van der Waals surface area contributed by atoms with Crippen LogP contribution >= 0.6 is 0 Å². The van der Waals surface area contributed by atoms with E-state index >= 15 is 0 Å². The van der Waals surface area contributed by atoms with Crippen molar-refractivity contribution in [2.24, 2.45) is 5.92 Å². The molecule has 21 heavy (non-hydrogen) atoms. The molecule has 1 unspecified atom stereocenters. The molecule has 2 N–H and O–H groups in total. The predicted molar refractivity (Wildman–Crippen MR) is 82.1 cm³/mol. The Kier molecular flexibility index (Phi) is 4.15. The first-order chi connectivity index (χ1) is 10.1. The fourth-order valence-electron chi connectivity index (χ4n) is 3.04. The zero-order valence-corrected chi connectivity index (χ0v) is 12.6. The number of hydrogen-bond acceptors (Lipinski definition) is 2. The SMILES string of the molecule is CN(CC(O)C1CC1)C(=O)NCc1ccc2c(c1)CCC2. The smallest absolute Gasteiger partial charge is 0.317 e. The molecule has 4 nitrogen and oxygen atoms in total. The molecule has 2 aliphatic carbocycles. The monoisotopic (exact) mass is 288 g/mol. The molecule has 0 spiro atoms. The first-order valence-corrected chi connectivity index (χ1v) is 7.91. The Morgan fingerprint density at radius 2 is 2.14 bits per heavy atom. The maximum Gasteiger partial charge on any atom is 0.317 e. The molecule has 0 aromatic heterocycles. The molecular weight excluding hydrogens is 264 g/mol. The number of aliphatic hydroxyl groups is 1. The van der Waals surface area contributed by atoms with Crippen molar-refractivity contribution in [3.8, 4) is 0 Å². The molecular formula is C17H24N2O2. The molecule has 0 saturated heterocycles. The number of nitrogens with one attached hydrogen (secondary N) is 1. The summed E-state index contributed by atoms with van der Waals surface area (Å²) in [4.78, 5) is 13.6. The van der Waals surface area contributed by atoms with E-state index in [1.807, 2.05) is 0 Å². The summed E-state index contributed by atoms with van der Waals surface area (Å²) in [6, 6.07) is 6.38. The number of carbonyl (C=O) groups excluding carboxylic acids is 1. The van der Waals surface area contributed by atoms with Gasteiger partial charge in [-0.05, 0) is 54.7 Å². The number of amides is 2. The molecule has 0 radical (unpaired) electrons. The molecule has 1 atom stereocenters. The summed E-state index contributed by atoms with van der Waals surface area (Å²) in [5, 5.41) is 12.8. The molecule has 114 valence electrons. The molecule has 0 bridgehead atoms. The van der Waals surface area contributed by atoms with Gasteiger partial charge in [-0.25, -0.2) is 4.79 Å². The van der Waals surface area contributed by atoms with Crippen LogP contribution in [0.25, 0.3) is 0 Å². The van der Waals surface area contributed by atoms with Gasteiger partial charge in [0.1, 0.15) is 0 Å². The maximum atomic E-state index is 12.0. The van der Waals surface area contributed by atoms with Gasteiger partial charge in [0.2, 0.25) is 0 Å². The number of hydrogen-bond donors (Lipinski definition) is 2. The Morgan fingerprint density at radius 3 is 2.90 bits per heavy atom. The van der Waals surface area contributed by atoms with Crippen LogP contribution in [0.1, 0.15) is 36.0 Å². The van der Waals surface area contributed by atoms with Crippen molar-refractivity contribution < 1.29 is 9.90 Å². The first-order valence-electron chi connectivity index (χ1n) is 7.91. The van der Waals surface area contributed by atoms with Gasteiger partial charge in [-0.2, -0.15) is 0 Å². The first kappa shape index (κ1) is 14.4. The van der Waals surface area contributed by atoms with Gasteiger partial charge in [0, 0.05) is 20.1 Å². The van der Waals surface area contributed by atoms with Gasteiger partial charge < -0.3 is 15.3 Å². The molecule has 1 aromatic rings. The van der Waals surface area contributed by atoms with E-state index in [0.29, 0.717) is 19.0 Å². The van der Waals surface area contributed by atoms with Crippen molar-refractivity contribution in [1.29, 1.82) is 0 Å².